The summed E-state index contributed by atoms with van der Waals surface area (Å²) in [6, 6.07) is 4.94. The first kappa shape index (κ1) is 21.1. The molecule has 1 amide bonds. The van der Waals surface area contributed by atoms with Gasteiger partial charge in [-0.1, -0.05) is 29.3 Å². The maximum Gasteiger partial charge on any atom is 0.341 e. The second kappa shape index (κ2) is 8.19. The van der Waals surface area contributed by atoms with Gasteiger partial charge in [-0.05, 0) is 30.5 Å². The molecule has 30 heavy (non-hydrogen) atoms. The number of esters is 1. The number of fused-ring (bicyclic) bond motifs is 2. The zero-order chi connectivity index (χ0) is 21.6. The van der Waals surface area contributed by atoms with Crippen molar-refractivity contribution in [3.8, 4) is 11.1 Å². The highest BCUT2D eigenvalue weighted by molar-refractivity contribution is 7.15. The molecule has 1 aromatic heterocycles. The molecule has 2 aromatic rings. The molecule has 2 fully saturated rings. The monoisotopic (exact) mass is 469 g/mol. The van der Waals surface area contributed by atoms with Crippen molar-refractivity contribution in [3.05, 3.63) is 39.2 Å². The molecule has 158 valence electrons. The van der Waals surface area contributed by atoms with Crippen LogP contribution in [-0.2, 0) is 19.1 Å². The minimum absolute atomic E-state index is 0.171. The molecule has 4 rings (SSSR count). The molecular formula is C20H17Cl2NO6S. The largest absolute Gasteiger partial charge is 0.481 e. The van der Waals surface area contributed by atoms with E-state index in [4.69, 9.17) is 32.7 Å². The van der Waals surface area contributed by atoms with E-state index in [9.17, 15) is 19.5 Å². The Hall–Kier alpha value is -2.13. The minimum atomic E-state index is -1.06. The number of anilines is 1. The topological polar surface area (TPSA) is 102 Å². The Morgan fingerprint density at radius 1 is 1.17 bits per heavy atom. The molecule has 2 aliphatic heterocycles. The third-order valence-electron chi connectivity index (χ3n) is 5.51. The molecule has 4 atom stereocenters. The van der Waals surface area contributed by atoms with Crippen LogP contribution in [0.25, 0.3) is 11.1 Å². The quantitative estimate of drug-likeness (QED) is 0.631. The highest BCUT2D eigenvalue weighted by Gasteiger charge is 2.55. The third-order valence-corrected chi connectivity index (χ3v) is 7.14. The Morgan fingerprint density at radius 2 is 1.87 bits per heavy atom. The molecular weight excluding hydrogens is 453 g/mol. The number of amides is 1. The van der Waals surface area contributed by atoms with Gasteiger partial charge in [0, 0.05) is 10.9 Å². The summed E-state index contributed by atoms with van der Waals surface area (Å²) in [6.07, 6.45) is 0.361. The van der Waals surface area contributed by atoms with Crippen molar-refractivity contribution in [2.75, 3.05) is 12.4 Å². The van der Waals surface area contributed by atoms with Crippen LogP contribution in [0.2, 0.25) is 10.0 Å². The van der Waals surface area contributed by atoms with Gasteiger partial charge in [-0.3, -0.25) is 9.59 Å². The molecule has 0 radical (unpaired) electrons. The molecule has 3 heterocycles. The summed E-state index contributed by atoms with van der Waals surface area (Å²) in [5.41, 5.74) is 1.33. The zero-order valence-electron chi connectivity index (χ0n) is 15.7. The van der Waals surface area contributed by atoms with E-state index in [0.29, 0.717) is 34.0 Å². The number of methoxy groups -OCH3 is 1. The predicted octanol–water partition coefficient (Wildman–Crippen LogP) is 4.33. The number of thiophene rings is 1. The Morgan fingerprint density at radius 3 is 2.50 bits per heavy atom. The van der Waals surface area contributed by atoms with Crippen molar-refractivity contribution in [1.82, 2.24) is 0 Å². The van der Waals surface area contributed by atoms with Gasteiger partial charge in [-0.15, -0.1) is 11.3 Å². The maximum absolute atomic E-state index is 13.0. The highest BCUT2D eigenvalue weighted by atomic mass is 35.5. The molecule has 0 saturated carbocycles. The van der Waals surface area contributed by atoms with Crippen molar-refractivity contribution in [2.45, 2.75) is 25.0 Å². The smallest absolute Gasteiger partial charge is 0.341 e. The second-order valence-electron chi connectivity index (χ2n) is 7.14. The summed E-state index contributed by atoms with van der Waals surface area (Å²) in [5.74, 6) is -3.89. The number of carboxylic acid groups (broad SMARTS) is 1. The Kier molecular flexibility index (Phi) is 5.76. The lowest BCUT2D eigenvalue weighted by atomic mass is 9.79. The van der Waals surface area contributed by atoms with E-state index in [1.807, 2.05) is 0 Å². The molecule has 7 nitrogen and oxygen atoms in total. The Bertz CT molecular complexity index is 1040. The lowest BCUT2D eigenvalue weighted by Gasteiger charge is -2.23. The standard InChI is InChI=1S/C20H17Cl2NO6S/c1-28-20(27)14-9(8-2-3-10(21)11(22)6-8)7-30-18(14)23-17(24)15-12-4-5-13(29-12)16(15)19(25)26/h2-3,6-7,12-13,15-16H,4-5H2,1H3,(H,23,24)(H,25,26)/t12-,13-,15-,16+/m1/s1. The maximum atomic E-state index is 13.0. The van der Waals surface area contributed by atoms with Crippen LogP contribution in [0.3, 0.4) is 0 Å². The van der Waals surface area contributed by atoms with Crippen LogP contribution in [0, 0.1) is 11.8 Å². The summed E-state index contributed by atoms with van der Waals surface area (Å²) in [7, 11) is 1.24. The lowest BCUT2D eigenvalue weighted by molar-refractivity contribution is -0.147. The van der Waals surface area contributed by atoms with Gasteiger partial charge in [0.15, 0.2) is 0 Å². The van der Waals surface area contributed by atoms with E-state index in [1.54, 1.807) is 23.6 Å². The fourth-order valence-electron chi connectivity index (χ4n) is 4.15. The molecule has 2 bridgehead atoms. The molecule has 10 heteroatoms. The third kappa shape index (κ3) is 3.58. The molecule has 2 saturated heterocycles. The number of carbonyl (C=O) groups is 3. The Balaban J connectivity index is 1.67. The van der Waals surface area contributed by atoms with Crippen LogP contribution in [0.15, 0.2) is 23.6 Å². The highest BCUT2D eigenvalue weighted by Crippen LogP contribution is 2.45. The fourth-order valence-corrected chi connectivity index (χ4v) is 5.41. The van der Waals surface area contributed by atoms with Gasteiger partial charge in [0.1, 0.15) is 10.6 Å². The van der Waals surface area contributed by atoms with Crippen LogP contribution in [0.4, 0.5) is 5.00 Å². The minimum Gasteiger partial charge on any atom is -0.481 e. The van der Waals surface area contributed by atoms with Crippen molar-refractivity contribution in [2.24, 2.45) is 11.8 Å². The summed E-state index contributed by atoms with van der Waals surface area (Å²) >= 11 is 13.2. The van der Waals surface area contributed by atoms with Crippen molar-refractivity contribution in [3.63, 3.8) is 0 Å². The number of hydrogen-bond acceptors (Lipinski definition) is 6. The first-order valence-electron chi connectivity index (χ1n) is 9.16. The first-order chi connectivity index (χ1) is 14.3. The summed E-state index contributed by atoms with van der Waals surface area (Å²) < 4.78 is 10.6. The number of ether oxygens (including phenoxy) is 2. The zero-order valence-corrected chi connectivity index (χ0v) is 18.0. The van der Waals surface area contributed by atoms with Gasteiger partial charge in [-0.25, -0.2) is 4.79 Å². The number of carboxylic acids is 1. The van der Waals surface area contributed by atoms with E-state index in [2.05, 4.69) is 5.32 Å². The van der Waals surface area contributed by atoms with Gasteiger partial charge in [0.2, 0.25) is 5.91 Å². The summed E-state index contributed by atoms with van der Waals surface area (Å²) in [5, 5.41) is 15.0. The van der Waals surface area contributed by atoms with E-state index < -0.39 is 41.9 Å². The van der Waals surface area contributed by atoms with Crippen LogP contribution in [0.1, 0.15) is 23.2 Å². The van der Waals surface area contributed by atoms with Crippen LogP contribution in [0.5, 0.6) is 0 Å². The van der Waals surface area contributed by atoms with E-state index in [-0.39, 0.29) is 10.6 Å². The second-order valence-corrected chi connectivity index (χ2v) is 8.84. The molecule has 2 aliphatic rings. The van der Waals surface area contributed by atoms with Crippen molar-refractivity contribution >= 4 is 57.4 Å². The Labute approximate surface area is 185 Å². The average Bonchev–Trinajstić information content (AvgIpc) is 3.43. The lowest BCUT2D eigenvalue weighted by Crippen LogP contribution is -2.41. The molecule has 0 spiro atoms. The summed E-state index contributed by atoms with van der Waals surface area (Å²) in [4.78, 5) is 37.2. The van der Waals surface area contributed by atoms with Gasteiger partial charge < -0.3 is 19.9 Å². The average molecular weight is 470 g/mol. The molecule has 1 aromatic carbocycles. The van der Waals surface area contributed by atoms with Crippen molar-refractivity contribution < 1.29 is 29.0 Å². The van der Waals surface area contributed by atoms with E-state index in [1.165, 1.54) is 7.11 Å². The number of hydrogen-bond donors (Lipinski definition) is 2. The van der Waals surface area contributed by atoms with Crippen LogP contribution < -0.4 is 5.32 Å². The fraction of sp³-hybridized carbons (Fsp3) is 0.350. The molecule has 0 unspecified atom stereocenters. The SMILES string of the molecule is COC(=O)c1c(-c2ccc(Cl)c(Cl)c2)csc1NC(=O)[C@H]1[C@@H](C(=O)O)[C@H]2CC[C@H]1O2. The van der Waals surface area contributed by atoms with Gasteiger partial charge in [0.05, 0.1) is 41.2 Å². The van der Waals surface area contributed by atoms with E-state index >= 15 is 0 Å². The number of nitrogens with one attached hydrogen (secondary N) is 1. The number of carbonyl (C=O) groups excluding carboxylic acids is 2. The van der Waals surface area contributed by atoms with E-state index in [0.717, 1.165) is 11.3 Å². The number of halogens is 2. The number of rotatable bonds is 5. The normalized spacial score (nSPS) is 24.6. The van der Waals surface area contributed by atoms with Gasteiger partial charge in [-0.2, -0.15) is 0 Å². The first-order valence-corrected chi connectivity index (χ1v) is 10.8. The number of aliphatic carboxylic acids is 1. The number of benzene rings is 1. The van der Waals surface area contributed by atoms with Gasteiger partial charge >= 0.3 is 11.9 Å². The predicted molar refractivity (Wildman–Crippen MR) is 112 cm³/mol. The van der Waals surface area contributed by atoms with Gasteiger partial charge in [0.25, 0.3) is 0 Å². The molecule has 2 N–H and O–H groups in total. The van der Waals surface area contributed by atoms with Crippen molar-refractivity contribution in [1.29, 1.82) is 0 Å². The van der Waals surface area contributed by atoms with Crippen LogP contribution >= 0.6 is 34.5 Å². The summed E-state index contributed by atoms with van der Waals surface area (Å²) in [6.45, 7) is 0. The molecule has 0 aliphatic carbocycles. The van der Waals surface area contributed by atoms with Crippen LogP contribution in [-0.4, -0.2) is 42.3 Å².